The van der Waals surface area contributed by atoms with Crippen molar-refractivity contribution < 1.29 is 4.42 Å². The lowest BCUT2D eigenvalue weighted by Crippen LogP contribution is -1.76. The fraction of sp³-hybridized carbons (Fsp3) is 0.333. The zero-order valence-corrected chi connectivity index (χ0v) is 12.9. The summed E-state index contributed by atoms with van der Waals surface area (Å²) in [4.78, 5) is 0. The Morgan fingerprint density at radius 3 is 2.21 bits per heavy atom. The molecule has 2 aromatic rings. The van der Waals surface area contributed by atoms with Crippen molar-refractivity contribution >= 4 is 22.6 Å². The standard InChI is InChI=1S/C13H12O.C3H8.C2H6/c1-4-10-11-7-5-6-8-12(11)14-13(10)9(2)3;1-3-2;1-2/h4-8H,1-2H2,3H3;3H2,1-2H3;1-2H3. The number of benzene rings is 1. The molecule has 0 saturated carbocycles. The zero-order chi connectivity index (χ0) is 14.8. The van der Waals surface area contributed by atoms with Crippen molar-refractivity contribution in [2.75, 3.05) is 0 Å². The molecule has 0 saturated heterocycles. The van der Waals surface area contributed by atoms with E-state index in [1.807, 2.05) is 51.1 Å². The van der Waals surface area contributed by atoms with Crippen molar-refractivity contribution in [1.82, 2.24) is 0 Å². The smallest absolute Gasteiger partial charge is 0.137 e. The average molecular weight is 258 g/mol. The van der Waals surface area contributed by atoms with Crippen LogP contribution in [-0.2, 0) is 0 Å². The van der Waals surface area contributed by atoms with Crippen LogP contribution in [0.25, 0.3) is 22.6 Å². The molecule has 0 spiro atoms. The lowest BCUT2D eigenvalue weighted by molar-refractivity contribution is 0.598. The van der Waals surface area contributed by atoms with Crippen LogP contribution in [0.2, 0.25) is 0 Å². The molecular formula is C18H26O. The summed E-state index contributed by atoms with van der Waals surface area (Å²) in [6, 6.07) is 7.94. The summed E-state index contributed by atoms with van der Waals surface area (Å²) in [5, 5.41) is 1.10. The van der Waals surface area contributed by atoms with E-state index >= 15 is 0 Å². The third-order valence-electron chi connectivity index (χ3n) is 2.23. The van der Waals surface area contributed by atoms with Crippen molar-refractivity contribution in [1.29, 1.82) is 0 Å². The Balaban J connectivity index is 0.000000573. The molecule has 0 aliphatic heterocycles. The molecule has 1 aromatic carbocycles. The van der Waals surface area contributed by atoms with Crippen LogP contribution >= 0.6 is 0 Å². The summed E-state index contributed by atoms with van der Waals surface area (Å²) in [7, 11) is 0. The van der Waals surface area contributed by atoms with Crippen molar-refractivity contribution in [3.8, 4) is 0 Å². The largest absolute Gasteiger partial charge is 0.456 e. The summed E-state index contributed by atoms with van der Waals surface area (Å²) < 4.78 is 5.68. The summed E-state index contributed by atoms with van der Waals surface area (Å²) in [6.45, 7) is 17.9. The molecule has 1 heteroatoms. The Labute approximate surface area is 117 Å². The number of furan rings is 1. The van der Waals surface area contributed by atoms with Crippen LogP contribution < -0.4 is 0 Å². The van der Waals surface area contributed by atoms with Crippen molar-refractivity contribution in [2.24, 2.45) is 0 Å². The zero-order valence-electron chi connectivity index (χ0n) is 12.9. The second-order valence-corrected chi connectivity index (χ2v) is 4.03. The van der Waals surface area contributed by atoms with E-state index in [4.69, 9.17) is 4.42 Å². The Kier molecular flexibility index (Phi) is 8.35. The Hall–Kier alpha value is -1.76. The van der Waals surface area contributed by atoms with Gasteiger partial charge < -0.3 is 4.42 Å². The van der Waals surface area contributed by atoms with Gasteiger partial charge in [-0.15, -0.1) is 0 Å². The molecule has 0 amide bonds. The lowest BCUT2D eigenvalue weighted by Gasteiger charge is -1.94. The van der Waals surface area contributed by atoms with E-state index in [9.17, 15) is 0 Å². The first kappa shape index (κ1) is 17.2. The first-order chi connectivity index (χ1) is 9.15. The molecule has 0 unspecified atom stereocenters. The number of rotatable bonds is 2. The molecule has 1 nitrogen and oxygen atoms in total. The summed E-state index contributed by atoms with van der Waals surface area (Å²) in [5.74, 6) is 0.834. The molecule has 2 rings (SSSR count). The number of hydrogen-bond donors (Lipinski definition) is 0. The van der Waals surface area contributed by atoms with Gasteiger partial charge in [-0.2, -0.15) is 0 Å². The first-order valence-electron chi connectivity index (χ1n) is 6.95. The maximum absolute atomic E-state index is 5.68. The second kappa shape index (κ2) is 9.21. The fourth-order valence-corrected chi connectivity index (χ4v) is 1.59. The van der Waals surface area contributed by atoms with E-state index in [2.05, 4.69) is 27.0 Å². The number of para-hydroxylation sites is 1. The third-order valence-corrected chi connectivity index (χ3v) is 2.23. The van der Waals surface area contributed by atoms with Gasteiger partial charge in [-0.3, -0.25) is 0 Å². The highest BCUT2D eigenvalue weighted by Crippen LogP contribution is 2.30. The average Bonchev–Trinajstić information content (AvgIpc) is 2.80. The number of fused-ring (bicyclic) bond motifs is 1. The molecule has 0 aliphatic rings. The van der Waals surface area contributed by atoms with Gasteiger partial charge in [0.15, 0.2) is 0 Å². The van der Waals surface area contributed by atoms with E-state index in [0.717, 1.165) is 27.9 Å². The molecule has 104 valence electrons. The number of allylic oxidation sites excluding steroid dienone is 1. The van der Waals surface area contributed by atoms with Crippen LogP contribution in [0.4, 0.5) is 0 Å². The van der Waals surface area contributed by atoms with Gasteiger partial charge in [-0.05, 0) is 18.6 Å². The van der Waals surface area contributed by atoms with Crippen LogP contribution in [0.3, 0.4) is 0 Å². The Morgan fingerprint density at radius 1 is 1.21 bits per heavy atom. The minimum atomic E-state index is 0.834. The quantitative estimate of drug-likeness (QED) is 0.595. The third kappa shape index (κ3) is 4.44. The lowest BCUT2D eigenvalue weighted by atomic mass is 10.1. The molecule has 0 N–H and O–H groups in total. The van der Waals surface area contributed by atoms with Gasteiger partial charge >= 0.3 is 0 Å². The maximum atomic E-state index is 5.68. The van der Waals surface area contributed by atoms with Crippen LogP contribution in [0.1, 0.15) is 52.4 Å². The Bertz CT molecular complexity index is 517. The van der Waals surface area contributed by atoms with Gasteiger partial charge in [0.1, 0.15) is 11.3 Å². The summed E-state index contributed by atoms with van der Waals surface area (Å²) >= 11 is 0. The fourth-order valence-electron chi connectivity index (χ4n) is 1.59. The van der Waals surface area contributed by atoms with E-state index in [1.54, 1.807) is 0 Å². The van der Waals surface area contributed by atoms with E-state index in [1.165, 1.54) is 6.42 Å². The molecule has 0 bridgehead atoms. The summed E-state index contributed by atoms with van der Waals surface area (Å²) in [6.07, 6.45) is 3.07. The van der Waals surface area contributed by atoms with Crippen molar-refractivity contribution in [3.05, 3.63) is 48.7 Å². The molecule has 0 radical (unpaired) electrons. The van der Waals surface area contributed by atoms with Gasteiger partial charge in [-0.25, -0.2) is 0 Å². The van der Waals surface area contributed by atoms with Crippen molar-refractivity contribution in [2.45, 2.75) is 41.0 Å². The minimum absolute atomic E-state index is 0.834. The molecule has 0 atom stereocenters. The van der Waals surface area contributed by atoms with Gasteiger partial charge in [-0.1, -0.05) is 71.5 Å². The van der Waals surface area contributed by atoms with E-state index in [0.29, 0.717) is 0 Å². The molecule has 19 heavy (non-hydrogen) atoms. The molecule has 0 aliphatic carbocycles. The minimum Gasteiger partial charge on any atom is -0.456 e. The maximum Gasteiger partial charge on any atom is 0.137 e. The van der Waals surface area contributed by atoms with Crippen molar-refractivity contribution in [3.63, 3.8) is 0 Å². The second-order valence-electron chi connectivity index (χ2n) is 4.03. The van der Waals surface area contributed by atoms with E-state index < -0.39 is 0 Å². The SMILES string of the molecule is C=Cc1c(C(=C)C)oc2ccccc12.CC.CCC. The van der Waals surface area contributed by atoms with Crippen LogP contribution in [0, 0.1) is 0 Å². The van der Waals surface area contributed by atoms with Gasteiger partial charge in [0, 0.05) is 10.9 Å². The Morgan fingerprint density at radius 2 is 1.74 bits per heavy atom. The first-order valence-corrected chi connectivity index (χ1v) is 6.95. The van der Waals surface area contributed by atoms with E-state index in [-0.39, 0.29) is 0 Å². The predicted octanol–water partition coefficient (Wildman–Crippen LogP) is 6.55. The monoisotopic (exact) mass is 258 g/mol. The number of hydrogen-bond acceptors (Lipinski definition) is 1. The molecule has 1 aromatic heterocycles. The topological polar surface area (TPSA) is 13.1 Å². The normalized spacial score (nSPS) is 8.89. The summed E-state index contributed by atoms with van der Waals surface area (Å²) in [5.41, 5.74) is 2.85. The highest BCUT2D eigenvalue weighted by molar-refractivity contribution is 5.91. The highest BCUT2D eigenvalue weighted by Gasteiger charge is 2.10. The molecule has 1 heterocycles. The van der Waals surface area contributed by atoms with Gasteiger partial charge in [0.25, 0.3) is 0 Å². The van der Waals surface area contributed by atoms with Gasteiger partial charge in [0.05, 0.1) is 0 Å². The molecular weight excluding hydrogens is 232 g/mol. The predicted molar refractivity (Wildman–Crippen MR) is 88.3 cm³/mol. The highest BCUT2D eigenvalue weighted by atomic mass is 16.3. The molecule has 0 fully saturated rings. The van der Waals surface area contributed by atoms with Crippen LogP contribution in [-0.4, -0.2) is 0 Å². The van der Waals surface area contributed by atoms with Gasteiger partial charge in [0.2, 0.25) is 0 Å². The van der Waals surface area contributed by atoms with Crippen LogP contribution in [0.15, 0.2) is 41.8 Å². The van der Waals surface area contributed by atoms with Crippen LogP contribution in [0.5, 0.6) is 0 Å².